The number of phenolic OH excluding ortho intramolecular Hbond substituents is 1. The summed E-state index contributed by atoms with van der Waals surface area (Å²) in [7, 11) is 2.14. The molecule has 1 unspecified atom stereocenters. The summed E-state index contributed by atoms with van der Waals surface area (Å²) in [5, 5.41) is 18.5. The summed E-state index contributed by atoms with van der Waals surface area (Å²) >= 11 is 5.97. The maximum atomic E-state index is 14.0. The number of benzene rings is 2. The van der Waals surface area contributed by atoms with E-state index in [4.69, 9.17) is 11.6 Å². The third-order valence-corrected chi connectivity index (χ3v) is 6.23. The van der Waals surface area contributed by atoms with Crippen LogP contribution in [0.3, 0.4) is 0 Å². The normalized spacial score (nSPS) is 17.0. The van der Waals surface area contributed by atoms with E-state index in [9.17, 15) is 9.50 Å². The van der Waals surface area contributed by atoms with Crippen LogP contribution in [0, 0.1) is 5.82 Å². The van der Waals surface area contributed by atoms with Gasteiger partial charge in [0, 0.05) is 30.0 Å². The molecule has 1 fully saturated rings. The number of pyridine rings is 1. The van der Waals surface area contributed by atoms with E-state index in [1.807, 2.05) is 41.3 Å². The monoisotopic (exact) mass is 451 g/mol. The molecule has 1 atom stereocenters. The molecule has 1 aliphatic heterocycles. The number of nitrogens with zero attached hydrogens (tertiary/aromatic N) is 4. The molecule has 6 nitrogen and oxygen atoms in total. The molecular weight excluding hydrogens is 429 g/mol. The fourth-order valence-electron chi connectivity index (χ4n) is 4.28. The number of halogens is 2. The SMILES string of the molecule is CN1CCCC(n2cc(Nc3ccnc4ccc(-c5cc(F)c(O)c(Cl)c5)cc34)cn2)C1. The maximum absolute atomic E-state index is 14.0. The predicted octanol–water partition coefficient (Wildman–Crippen LogP) is 5.61. The second kappa shape index (κ2) is 8.41. The molecular formula is C24H23ClFN5O. The van der Waals surface area contributed by atoms with Crippen LogP contribution in [0.25, 0.3) is 22.0 Å². The van der Waals surface area contributed by atoms with Gasteiger partial charge in [-0.05, 0) is 67.9 Å². The molecule has 0 radical (unpaired) electrons. The van der Waals surface area contributed by atoms with Gasteiger partial charge in [0.2, 0.25) is 0 Å². The minimum atomic E-state index is -0.752. The summed E-state index contributed by atoms with van der Waals surface area (Å²) < 4.78 is 16.1. The van der Waals surface area contributed by atoms with Gasteiger partial charge in [0.05, 0.1) is 28.5 Å². The van der Waals surface area contributed by atoms with Gasteiger partial charge in [-0.15, -0.1) is 0 Å². The Labute approximate surface area is 190 Å². The molecule has 3 heterocycles. The number of aromatic hydroxyl groups is 1. The molecule has 2 aromatic carbocycles. The molecule has 32 heavy (non-hydrogen) atoms. The summed E-state index contributed by atoms with van der Waals surface area (Å²) in [5.74, 6) is -1.29. The van der Waals surface area contributed by atoms with E-state index in [2.05, 4.69) is 27.3 Å². The van der Waals surface area contributed by atoms with E-state index < -0.39 is 11.6 Å². The smallest absolute Gasteiger partial charge is 0.170 e. The summed E-state index contributed by atoms with van der Waals surface area (Å²) in [5.41, 5.74) is 3.94. The Morgan fingerprint density at radius 1 is 1.19 bits per heavy atom. The number of anilines is 2. The zero-order valence-electron chi connectivity index (χ0n) is 17.6. The van der Waals surface area contributed by atoms with Crippen LogP contribution < -0.4 is 5.32 Å². The van der Waals surface area contributed by atoms with E-state index in [-0.39, 0.29) is 5.02 Å². The molecule has 2 aromatic heterocycles. The van der Waals surface area contributed by atoms with Crippen LogP contribution in [0.2, 0.25) is 5.02 Å². The van der Waals surface area contributed by atoms with Gasteiger partial charge in [0.15, 0.2) is 11.6 Å². The lowest BCUT2D eigenvalue weighted by Crippen LogP contribution is -2.33. The molecule has 0 bridgehead atoms. The molecule has 2 N–H and O–H groups in total. The maximum Gasteiger partial charge on any atom is 0.170 e. The number of aromatic nitrogens is 3. The second-order valence-corrected chi connectivity index (χ2v) is 8.68. The highest BCUT2D eigenvalue weighted by Crippen LogP contribution is 2.35. The first kappa shape index (κ1) is 20.7. The van der Waals surface area contributed by atoms with Gasteiger partial charge < -0.3 is 15.3 Å². The van der Waals surface area contributed by atoms with Crippen molar-refractivity contribution in [1.82, 2.24) is 19.7 Å². The number of nitrogens with one attached hydrogen (secondary N) is 1. The molecule has 5 rings (SSSR count). The number of hydrogen-bond donors (Lipinski definition) is 2. The van der Waals surface area contributed by atoms with Crippen molar-refractivity contribution in [3.63, 3.8) is 0 Å². The van der Waals surface area contributed by atoms with Crippen molar-refractivity contribution in [2.24, 2.45) is 0 Å². The molecule has 0 amide bonds. The number of rotatable bonds is 4. The molecule has 0 spiro atoms. The number of likely N-dealkylation sites (tertiary alicyclic amines) is 1. The lowest BCUT2D eigenvalue weighted by molar-refractivity contribution is 0.202. The minimum Gasteiger partial charge on any atom is -0.504 e. The third kappa shape index (κ3) is 4.01. The van der Waals surface area contributed by atoms with Crippen molar-refractivity contribution >= 4 is 33.9 Å². The first-order valence-corrected chi connectivity index (χ1v) is 10.9. The first-order chi connectivity index (χ1) is 15.5. The van der Waals surface area contributed by atoms with E-state index in [1.165, 1.54) is 12.5 Å². The average molecular weight is 452 g/mol. The lowest BCUT2D eigenvalue weighted by Gasteiger charge is -2.29. The Balaban J connectivity index is 1.47. The number of piperidine rings is 1. The van der Waals surface area contributed by atoms with E-state index in [0.29, 0.717) is 11.6 Å². The summed E-state index contributed by atoms with van der Waals surface area (Å²) in [6.45, 7) is 2.12. The Kier molecular flexibility index (Phi) is 5.45. The lowest BCUT2D eigenvalue weighted by atomic mass is 10.0. The molecule has 164 valence electrons. The zero-order chi connectivity index (χ0) is 22.2. The van der Waals surface area contributed by atoms with Gasteiger partial charge >= 0.3 is 0 Å². The van der Waals surface area contributed by atoms with Crippen molar-refractivity contribution < 1.29 is 9.50 Å². The van der Waals surface area contributed by atoms with E-state index in [1.54, 1.807) is 12.3 Å². The van der Waals surface area contributed by atoms with Gasteiger partial charge in [-0.1, -0.05) is 17.7 Å². The molecule has 1 aliphatic rings. The van der Waals surface area contributed by atoms with Crippen molar-refractivity contribution in [2.75, 3.05) is 25.5 Å². The Bertz CT molecular complexity index is 1270. The van der Waals surface area contributed by atoms with Crippen LogP contribution in [0.15, 0.2) is 55.0 Å². The van der Waals surface area contributed by atoms with Crippen LogP contribution in [-0.2, 0) is 0 Å². The average Bonchev–Trinajstić information content (AvgIpc) is 3.26. The third-order valence-electron chi connectivity index (χ3n) is 5.95. The fraction of sp³-hybridized carbons (Fsp3) is 0.250. The van der Waals surface area contributed by atoms with Crippen LogP contribution >= 0.6 is 11.6 Å². The molecule has 0 saturated carbocycles. The summed E-state index contributed by atoms with van der Waals surface area (Å²) in [6.07, 6.45) is 7.92. The van der Waals surface area contributed by atoms with Crippen LogP contribution in [-0.4, -0.2) is 44.9 Å². The largest absolute Gasteiger partial charge is 0.504 e. The summed E-state index contributed by atoms with van der Waals surface area (Å²) in [6, 6.07) is 10.8. The standard InChI is InChI=1S/C24H23ClFN5O/c1-30-8-2-3-18(14-30)31-13-17(12-28-31)29-23-6-7-27-22-5-4-15(9-19(22)23)16-10-20(25)24(32)21(26)11-16/h4-7,9-13,18,32H,2-3,8,14H2,1H3,(H,27,29). The van der Waals surface area contributed by atoms with Crippen LogP contribution in [0.5, 0.6) is 5.75 Å². The Morgan fingerprint density at radius 3 is 2.88 bits per heavy atom. The molecule has 0 aliphatic carbocycles. The molecule has 4 aromatic rings. The first-order valence-electron chi connectivity index (χ1n) is 10.5. The number of phenols is 1. The number of hydrogen-bond acceptors (Lipinski definition) is 5. The van der Waals surface area contributed by atoms with Gasteiger partial charge in [-0.3, -0.25) is 9.67 Å². The van der Waals surface area contributed by atoms with Crippen molar-refractivity contribution in [2.45, 2.75) is 18.9 Å². The highest BCUT2D eigenvalue weighted by molar-refractivity contribution is 6.32. The zero-order valence-corrected chi connectivity index (χ0v) is 18.3. The van der Waals surface area contributed by atoms with Crippen molar-refractivity contribution in [3.05, 3.63) is 65.8 Å². The van der Waals surface area contributed by atoms with Gasteiger partial charge in [-0.25, -0.2) is 4.39 Å². The van der Waals surface area contributed by atoms with Gasteiger partial charge in [0.25, 0.3) is 0 Å². The highest BCUT2D eigenvalue weighted by atomic mass is 35.5. The van der Waals surface area contributed by atoms with Crippen molar-refractivity contribution in [1.29, 1.82) is 0 Å². The van der Waals surface area contributed by atoms with Crippen LogP contribution in [0.1, 0.15) is 18.9 Å². The Morgan fingerprint density at radius 2 is 2.06 bits per heavy atom. The molecule has 1 saturated heterocycles. The second-order valence-electron chi connectivity index (χ2n) is 8.27. The topological polar surface area (TPSA) is 66.2 Å². The molecule has 8 heteroatoms. The summed E-state index contributed by atoms with van der Waals surface area (Å²) in [4.78, 5) is 6.78. The van der Waals surface area contributed by atoms with Crippen molar-refractivity contribution in [3.8, 4) is 16.9 Å². The predicted molar refractivity (Wildman–Crippen MR) is 125 cm³/mol. The highest BCUT2D eigenvalue weighted by Gasteiger charge is 2.19. The minimum absolute atomic E-state index is 0.0228. The fourth-order valence-corrected chi connectivity index (χ4v) is 4.49. The van der Waals surface area contributed by atoms with E-state index >= 15 is 0 Å². The number of fused-ring (bicyclic) bond motifs is 1. The quantitative estimate of drug-likeness (QED) is 0.422. The van der Waals surface area contributed by atoms with E-state index in [0.717, 1.165) is 47.4 Å². The Hall–Kier alpha value is -3.16. The van der Waals surface area contributed by atoms with Gasteiger partial charge in [-0.2, -0.15) is 5.10 Å². The van der Waals surface area contributed by atoms with Gasteiger partial charge in [0.1, 0.15) is 0 Å². The van der Waals surface area contributed by atoms with Crippen LogP contribution in [0.4, 0.5) is 15.8 Å². The number of likely N-dealkylation sites (N-methyl/N-ethyl adjacent to an activating group) is 1.